The van der Waals surface area contributed by atoms with Gasteiger partial charge in [-0.05, 0) is 24.6 Å². The summed E-state index contributed by atoms with van der Waals surface area (Å²) in [5.41, 5.74) is 3.76. The van der Waals surface area contributed by atoms with E-state index in [1.165, 1.54) is 0 Å². The Morgan fingerprint density at radius 3 is 2.83 bits per heavy atom. The van der Waals surface area contributed by atoms with Crippen molar-refractivity contribution >= 4 is 29.1 Å². The minimum Gasteiger partial charge on any atom is -0.391 e. The zero-order chi connectivity index (χ0) is 16.2. The molecule has 0 saturated heterocycles. The number of hydrogen-bond acceptors (Lipinski definition) is 4. The van der Waals surface area contributed by atoms with Crippen molar-refractivity contribution in [2.75, 3.05) is 17.7 Å². The summed E-state index contributed by atoms with van der Waals surface area (Å²) in [5, 5.41) is 4.19. The molecule has 1 heterocycles. The predicted octanol–water partition coefficient (Wildman–Crippen LogP) is 3.70. The zero-order valence-electron chi connectivity index (χ0n) is 13.2. The van der Waals surface area contributed by atoms with Crippen LogP contribution in [0.2, 0.25) is 0 Å². The maximum Gasteiger partial charge on any atom is 0.237 e. The number of rotatable bonds is 4. The Hall–Kier alpha value is -2.27. The first-order valence-corrected chi connectivity index (χ1v) is 8.38. The Morgan fingerprint density at radius 1 is 1.26 bits per heavy atom. The fraction of sp³-hybridized carbons (Fsp3) is 0.222. The molecule has 0 aliphatic carbocycles. The molecule has 1 aliphatic heterocycles. The Balaban J connectivity index is 1.73. The molecule has 4 nitrogen and oxygen atoms in total. The molecule has 0 radical (unpaired) electrons. The third-order valence-corrected chi connectivity index (χ3v) is 4.79. The Kier molecular flexibility index (Phi) is 4.67. The highest BCUT2D eigenvalue weighted by molar-refractivity contribution is 8.00. The zero-order valence-corrected chi connectivity index (χ0v) is 14.0. The van der Waals surface area contributed by atoms with Gasteiger partial charge in [-0.15, -0.1) is 11.8 Å². The van der Waals surface area contributed by atoms with Crippen LogP contribution in [0.3, 0.4) is 0 Å². The fourth-order valence-corrected chi connectivity index (χ4v) is 3.31. The van der Waals surface area contributed by atoms with Gasteiger partial charge >= 0.3 is 0 Å². The van der Waals surface area contributed by atoms with Crippen molar-refractivity contribution in [3.05, 3.63) is 59.7 Å². The first-order valence-electron chi connectivity index (χ1n) is 7.39. The average molecular weight is 326 g/mol. The largest absolute Gasteiger partial charge is 0.391 e. The van der Waals surface area contributed by atoms with Gasteiger partial charge in [0, 0.05) is 17.5 Å². The molecule has 1 aliphatic rings. The lowest BCUT2D eigenvalue weighted by Gasteiger charge is -2.25. The summed E-state index contributed by atoms with van der Waals surface area (Å²) in [7, 11) is 1.81. The van der Waals surface area contributed by atoms with Crippen LogP contribution >= 0.6 is 11.8 Å². The van der Waals surface area contributed by atoms with Gasteiger partial charge in [-0.3, -0.25) is 4.79 Å². The van der Waals surface area contributed by atoms with Crippen LogP contribution in [-0.2, 0) is 16.2 Å². The first kappa shape index (κ1) is 15.6. The van der Waals surface area contributed by atoms with Gasteiger partial charge in [0.25, 0.3) is 0 Å². The summed E-state index contributed by atoms with van der Waals surface area (Å²) in [6.07, 6.45) is 0. The molecular weight excluding hydrogens is 308 g/mol. The van der Waals surface area contributed by atoms with Gasteiger partial charge in [0.2, 0.25) is 5.91 Å². The van der Waals surface area contributed by atoms with Crippen LogP contribution in [0.1, 0.15) is 18.1 Å². The van der Waals surface area contributed by atoms with E-state index in [1.54, 1.807) is 16.7 Å². The molecule has 1 amide bonds. The van der Waals surface area contributed by atoms with E-state index in [2.05, 4.69) is 5.16 Å². The van der Waals surface area contributed by atoms with Crippen molar-refractivity contribution in [2.24, 2.45) is 5.16 Å². The molecule has 0 saturated carbocycles. The van der Waals surface area contributed by atoms with Crippen LogP contribution in [0.15, 0.2) is 58.6 Å². The number of thioether (sulfide) groups is 1. The predicted molar refractivity (Wildman–Crippen MR) is 94.0 cm³/mol. The second-order valence-corrected chi connectivity index (χ2v) is 6.38. The molecule has 2 aromatic rings. The molecule has 3 rings (SSSR count). The SMILES string of the molecule is C/C(=N\OCc1ccccc1)c1ccc2c(c1)N(C)C(=O)CS2. The number of carbonyl (C=O) groups excluding carboxylic acids is 1. The molecule has 0 N–H and O–H groups in total. The van der Waals surface area contributed by atoms with Crippen LogP contribution < -0.4 is 4.90 Å². The van der Waals surface area contributed by atoms with Gasteiger partial charge < -0.3 is 9.74 Å². The minimum atomic E-state index is 0.120. The Labute approximate surface area is 140 Å². The van der Waals surface area contributed by atoms with E-state index in [4.69, 9.17) is 4.84 Å². The number of oxime groups is 1. The highest BCUT2D eigenvalue weighted by Gasteiger charge is 2.21. The minimum absolute atomic E-state index is 0.120. The number of amides is 1. The Bertz CT molecular complexity index is 744. The molecular formula is C18H18N2O2S. The monoisotopic (exact) mass is 326 g/mol. The molecule has 0 spiro atoms. The molecule has 0 aromatic heterocycles. The topological polar surface area (TPSA) is 41.9 Å². The van der Waals surface area contributed by atoms with E-state index < -0.39 is 0 Å². The fourth-order valence-electron chi connectivity index (χ4n) is 2.33. The number of benzene rings is 2. The molecule has 118 valence electrons. The number of nitrogens with zero attached hydrogens (tertiary/aromatic N) is 2. The van der Waals surface area contributed by atoms with Crippen molar-refractivity contribution in [3.63, 3.8) is 0 Å². The van der Waals surface area contributed by atoms with Crippen LogP contribution in [0.25, 0.3) is 0 Å². The number of fused-ring (bicyclic) bond motifs is 1. The number of anilines is 1. The van der Waals surface area contributed by atoms with Crippen LogP contribution in [0.5, 0.6) is 0 Å². The quantitative estimate of drug-likeness (QED) is 0.635. The van der Waals surface area contributed by atoms with E-state index in [9.17, 15) is 4.79 Å². The van der Waals surface area contributed by atoms with E-state index in [0.717, 1.165) is 27.4 Å². The third kappa shape index (κ3) is 3.56. The maximum atomic E-state index is 11.8. The van der Waals surface area contributed by atoms with Gasteiger partial charge in [0.05, 0.1) is 17.2 Å². The van der Waals surface area contributed by atoms with Gasteiger partial charge in [-0.2, -0.15) is 0 Å². The summed E-state index contributed by atoms with van der Waals surface area (Å²) >= 11 is 1.57. The van der Waals surface area contributed by atoms with E-state index >= 15 is 0 Å². The summed E-state index contributed by atoms with van der Waals surface area (Å²) in [6.45, 7) is 2.35. The lowest BCUT2D eigenvalue weighted by Crippen LogP contribution is -2.31. The molecule has 2 aromatic carbocycles. The van der Waals surface area contributed by atoms with Crippen LogP contribution in [0, 0.1) is 0 Å². The Morgan fingerprint density at radius 2 is 2.04 bits per heavy atom. The van der Waals surface area contributed by atoms with Crippen molar-refractivity contribution in [1.29, 1.82) is 0 Å². The van der Waals surface area contributed by atoms with Gasteiger partial charge in [-0.1, -0.05) is 41.6 Å². The van der Waals surface area contributed by atoms with Gasteiger partial charge in [0.15, 0.2) is 0 Å². The lowest BCUT2D eigenvalue weighted by atomic mass is 10.1. The average Bonchev–Trinajstić information content (AvgIpc) is 2.59. The molecule has 0 bridgehead atoms. The second kappa shape index (κ2) is 6.87. The molecule has 23 heavy (non-hydrogen) atoms. The van der Waals surface area contributed by atoms with Crippen LogP contribution in [-0.4, -0.2) is 24.4 Å². The summed E-state index contributed by atoms with van der Waals surface area (Å²) in [5.74, 6) is 0.616. The van der Waals surface area contributed by atoms with Gasteiger partial charge in [-0.25, -0.2) is 0 Å². The van der Waals surface area contributed by atoms with Gasteiger partial charge in [0.1, 0.15) is 6.61 Å². The van der Waals surface area contributed by atoms with Crippen molar-refractivity contribution in [3.8, 4) is 0 Å². The van der Waals surface area contributed by atoms with Crippen molar-refractivity contribution in [2.45, 2.75) is 18.4 Å². The maximum absolute atomic E-state index is 11.8. The molecule has 0 unspecified atom stereocenters. The van der Waals surface area contributed by atoms with E-state index in [1.807, 2.05) is 62.5 Å². The first-order chi connectivity index (χ1) is 11.1. The highest BCUT2D eigenvalue weighted by atomic mass is 32.2. The lowest BCUT2D eigenvalue weighted by molar-refractivity contribution is -0.116. The smallest absolute Gasteiger partial charge is 0.237 e. The number of carbonyl (C=O) groups is 1. The van der Waals surface area contributed by atoms with Crippen molar-refractivity contribution in [1.82, 2.24) is 0 Å². The van der Waals surface area contributed by atoms with Crippen LogP contribution in [0.4, 0.5) is 5.69 Å². The van der Waals surface area contributed by atoms with Crippen molar-refractivity contribution < 1.29 is 9.63 Å². The molecule has 0 atom stereocenters. The molecule has 0 fully saturated rings. The normalized spacial score (nSPS) is 14.6. The van der Waals surface area contributed by atoms with E-state index in [-0.39, 0.29) is 5.91 Å². The molecule has 5 heteroatoms. The highest BCUT2D eigenvalue weighted by Crippen LogP contribution is 2.35. The van der Waals surface area contributed by atoms with E-state index in [0.29, 0.717) is 12.4 Å². The summed E-state index contributed by atoms with van der Waals surface area (Å²) in [6, 6.07) is 16.0. The summed E-state index contributed by atoms with van der Waals surface area (Å²) < 4.78 is 0. The second-order valence-electron chi connectivity index (χ2n) is 5.36. The standard InChI is InChI=1S/C18H18N2O2S/c1-13(19-22-11-14-6-4-3-5-7-14)15-8-9-17-16(10-15)20(2)18(21)12-23-17/h3-10H,11-12H2,1-2H3/b19-13+. The number of hydrogen-bond donors (Lipinski definition) is 0. The summed E-state index contributed by atoms with van der Waals surface area (Å²) in [4.78, 5) is 20.1. The third-order valence-electron chi connectivity index (χ3n) is 3.74.